The van der Waals surface area contributed by atoms with Gasteiger partial charge >= 0.3 is 0 Å². The Labute approximate surface area is 129 Å². The Kier molecular flexibility index (Phi) is 5.15. The van der Waals surface area contributed by atoms with Crippen LogP contribution in [-0.4, -0.2) is 30.8 Å². The summed E-state index contributed by atoms with van der Waals surface area (Å²) in [5.41, 5.74) is 1.46. The van der Waals surface area contributed by atoms with E-state index in [-0.39, 0.29) is 11.6 Å². The van der Waals surface area contributed by atoms with Crippen LogP contribution in [0.1, 0.15) is 47.5 Å². The Morgan fingerprint density at radius 1 is 1.43 bits per heavy atom. The largest absolute Gasteiger partial charge is 0.491 e. The molecule has 3 atom stereocenters. The number of rotatable bonds is 5. The van der Waals surface area contributed by atoms with E-state index in [4.69, 9.17) is 4.74 Å². The maximum atomic E-state index is 5.97. The van der Waals surface area contributed by atoms with E-state index in [0.29, 0.717) is 6.04 Å². The first-order chi connectivity index (χ1) is 9.97. The molecule has 1 heterocycles. The van der Waals surface area contributed by atoms with Crippen LogP contribution < -0.4 is 15.0 Å². The molecule has 0 spiro atoms. The van der Waals surface area contributed by atoms with Gasteiger partial charge in [0.15, 0.2) is 0 Å². The second kappa shape index (κ2) is 6.69. The minimum atomic E-state index is 0.195. The van der Waals surface area contributed by atoms with Gasteiger partial charge < -0.3 is 15.0 Å². The number of hydrogen-bond acceptors (Lipinski definition) is 3. The van der Waals surface area contributed by atoms with Crippen molar-refractivity contribution >= 4 is 5.69 Å². The molecule has 2 rings (SSSR count). The molecule has 1 saturated heterocycles. The summed E-state index contributed by atoms with van der Waals surface area (Å²) in [7, 11) is 0. The molecule has 0 saturated carbocycles. The lowest BCUT2D eigenvalue weighted by molar-refractivity contribution is 0.217. The van der Waals surface area contributed by atoms with Crippen molar-refractivity contribution in [3.63, 3.8) is 0 Å². The molecule has 0 aromatic heterocycles. The lowest BCUT2D eigenvalue weighted by Crippen LogP contribution is -2.62. The van der Waals surface area contributed by atoms with Crippen LogP contribution in [0.5, 0.6) is 5.75 Å². The maximum Gasteiger partial charge on any atom is 0.121 e. The maximum absolute atomic E-state index is 5.97. The van der Waals surface area contributed by atoms with E-state index in [1.807, 2.05) is 0 Å². The average molecular weight is 290 g/mol. The standard InChI is InChI=1S/C18H30N2O/c1-6-15(4)21-17-10-8-9-16(11-17)20-13-18(5,7-2)19-12-14(20)3/h8-11,14-15,19H,6-7,12-13H2,1-5H3. The normalized spacial score (nSPS) is 27.5. The van der Waals surface area contributed by atoms with Gasteiger partial charge in [0.05, 0.1) is 6.10 Å². The van der Waals surface area contributed by atoms with Gasteiger partial charge in [0.1, 0.15) is 5.75 Å². The minimum Gasteiger partial charge on any atom is -0.491 e. The smallest absolute Gasteiger partial charge is 0.121 e. The molecular formula is C18H30N2O. The molecule has 1 fully saturated rings. The highest BCUT2D eigenvalue weighted by atomic mass is 16.5. The van der Waals surface area contributed by atoms with Crippen molar-refractivity contribution in [3.05, 3.63) is 24.3 Å². The Morgan fingerprint density at radius 3 is 2.86 bits per heavy atom. The lowest BCUT2D eigenvalue weighted by Gasteiger charge is -2.46. The number of benzene rings is 1. The van der Waals surface area contributed by atoms with E-state index in [9.17, 15) is 0 Å². The van der Waals surface area contributed by atoms with E-state index >= 15 is 0 Å². The zero-order valence-corrected chi connectivity index (χ0v) is 14.1. The third kappa shape index (κ3) is 3.91. The molecular weight excluding hydrogens is 260 g/mol. The zero-order chi connectivity index (χ0) is 15.5. The highest BCUT2D eigenvalue weighted by Crippen LogP contribution is 2.28. The summed E-state index contributed by atoms with van der Waals surface area (Å²) in [5, 5.41) is 3.68. The van der Waals surface area contributed by atoms with Crippen molar-refractivity contribution in [2.24, 2.45) is 0 Å². The second-order valence-corrected chi connectivity index (χ2v) is 6.61. The third-order valence-electron chi connectivity index (χ3n) is 4.72. The predicted octanol–water partition coefficient (Wildman–Crippen LogP) is 3.83. The molecule has 3 heteroatoms. The van der Waals surface area contributed by atoms with Crippen LogP contribution in [0, 0.1) is 0 Å². The van der Waals surface area contributed by atoms with Gasteiger partial charge in [-0.05, 0) is 45.7 Å². The highest BCUT2D eigenvalue weighted by Gasteiger charge is 2.32. The monoisotopic (exact) mass is 290 g/mol. The van der Waals surface area contributed by atoms with Gasteiger partial charge in [-0.15, -0.1) is 0 Å². The fourth-order valence-corrected chi connectivity index (χ4v) is 2.73. The molecule has 1 N–H and O–H groups in total. The molecule has 0 aliphatic carbocycles. The Hall–Kier alpha value is -1.22. The topological polar surface area (TPSA) is 24.5 Å². The summed E-state index contributed by atoms with van der Waals surface area (Å²) in [5.74, 6) is 0.978. The molecule has 118 valence electrons. The van der Waals surface area contributed by atoms with E-state index in [0.717, 1.165) is 31.7 Å². The fraction of sp³-hybridized carbons (Fsp3) is 0.667. The fourth-order valence-electron chi connectivity index (χ4n) is 2.73. The number of ether oxygens (including phenoxy) is 1. The quantitative estimate of drug-likeness (QED) is 0.892. The Bertz CT molecular complexity index is 462. The summed E-state index contributed by atoms with van der Waals surface area (Å²) in [4.78, 5) is 2.50. The van der Waals surface area contributed by atoms with E-state index in [2.05, 4.69) is 69.1 Å². The molecule has 3 nitrogen and oxygen atoms in total. The van der Waals surface area contributed by atoms with Gasteiger partial charge in [0.25, 0.3) is 0 Å². The molecule has 1 aliphatic rings. The van der Waals surface area contributed by atoms with Crippen LogP contribution >= 0.6 is 0 Å². The lowest BCUT2D eigenvalue weighted by atomic mass is 9.93. The van der Waals surface area contributed by atoms with Crippen molar-refractivity contribution in [2.45, 2.75) is 65.1 Å². The van der Waals surface area contributed by atoms with Gasteiger partial charge in [-0.25, -0.2) is 0 Å². The first-order valence-corrected chi connectivity index (χ1v) is 8.26. The molecule has 1 aromatic carbocycles. The van der Waals surface area contributed by atoms with Gasteiger partial charge in [-0.3, -0.25) is 0 Å². The first-order valence-electron chi connectivity index (χ1n) is 8.26. The van der Waals surface area contributed by atoms with E-state index in [1.165, 1.54) is 5.69 Å². The Balaban J connectivity index is 2.17. The van der Waals surface area contributed by atoms with Crippen LogP contribution in [0.15, 0.2) is 24.3 Å². The van der Waals surface area contributed by atoms with Crippen molar-refractivity contribution in [1.82, 2.24) is 5.32 Å². The van der Waals surface area contributed by atoms with Crippen LogP contribution in [0.3, 0.4) is 0 Å². The molecule has 0 amide bonds. The van der Waals surface area contributed by atoms with Crippen molar-refractivity contribution in [2.75, 3.05) is 18.0 Å². The summed E-state index contributed by atoms with van der Waals surface area (Å²) in [6.07, 6.45) is 2.43. The van der Waals surface area contributed by atoms with Crippen LogP contribution in [-0.2, 0) is 0 Å². The zero-order valence-electron chi connectivity index (χ0n) is 14.1. The third-order valence-corrected chi connectivity index (χ3v) is 4.72. The Morgan fingerprint density at radius 2 is 2.19 bits per heavy atom. The van der Waals surface area contributed by atoms with Crippen molar-refractivity contribution in [1.29, 1.82) is 0 Å². The summed E-state index contributed by atoms with van der Waals surface area (Å²) >= 11 is 0. The van der Waals surface area contributed by atoms with Crippen molar-refractivity contribution < 1.29 is 4.74 Å². The number of nitrogens with one attached hydrogen (secondary N) is 1. The summed E-state index contributed by atoms with van der Waals surface area (Å²) in [6, 6.07) is 9.04. The summed E-state index contributed by atoms with van der Waals surface area (Å²) in [6.45, 7) is 13.2. The second-order valence-electron chi connectivity index (χ2n) is 6.61. The molecule has 3 unspecified atom stereocenters. The average Bonchev–Trinajstić information content (AvgIpc) is 2.50. The van der Waals surface area contributed by atoms with Crippen LogP contribution in [0.2, 0.25) is 0 Å². The van der Waals surface area contributed by atoms with Gasteiger partial charge in [-0.2, -0.15) is 0 Å². The number of nitrogens with zero attached hydrogens (tertiary/aromatic N) is 1. The first kappa shape index (κ1) is 16.2. The summed E-state index contributed by atoms with van der Waals surface area (Å²) < 4.78 is 5.97. The van der Waals surface area contributed by atoms with Gasteiger partial charge in [0, 0.05) is 36.4 Å². The predicted molar refractivity (Wildman–Crippen MR) is 90.3 cm³/mol. The number of piperazine rings is 1. The molecule has 1 aromatic rings. The van der Waals surface area contributed by atoms with Gasteiger partial charge in [-0.1, -0.05) is 19.9 Å². The highest BCUT2D eigenvalue weighted by molar-refractivity contribution is 5.52. The minimum absolute atomic E-state index is 0.195. The molecule has 0 bridgehead atoms. The van der Waals surface area contributed by atoms with Crippen LogP contribution in [0.4, 0.5) is 5.69 Å². The molecule has 0 radical (unpaired) electrons. The van der Waals surface area contributed by atoms with Crippen molar-refractivity contribution in [3.8, 4) is 5.75 Å². The molecule has 21 heavy (non-hydrogen) atoms. The van der Waals surface area contributed by atoms with Gasteiger partial charge in [0.2, 0.25) is 0 Å². The van der Waals surface area contributed by atoms with E-state index < -0.39 is 0 Å². The number of anilines is 1. The molecule has 1 aliphatic heterocycles. The van der Waals surface area contributed by atoms with Crippen LogP contribution in [0.25, 0.3) is 0 Å². The number of hydrogen-bond donors (Lipinski definition) is 1. The SMILES string of the molecule is CCC(C)Oc1cccc(N2CC(C)(CC)NCC2C)c1. The van der Waals surface area contributed by atoms with E-state index in [1.54, 1.807) is 0 Å².